The van der Waals surface area contributed by atoms with Crippen molar-refractivity contribution in [3.05, 3.63) is 53.5 Å². The molecule has 0 spiro atoms. The molecular weight excluding hydrogens is 276 g/mol. The highest BCUT2D eigenvalue weighted by Crippen LogP contribution is 2.33. The van der Waals surface area contributed by atoms with Gasteiger partial charge in [-0.3, -0.25) is 0 Å². The molecule has 0 aliphatic rings. The van der Waals surface area contributed by atoms with Crippen LogP contribution in [0, 0.1) is 0 Å². The van der Waals surface area contributed by atoms with E-state index in [9.17, 15) is 0 Å². The first-order valence-corrected chi connectivity index (χ1v) is 6.53. The van der Waals surface area contributed by atoms with E-state index in [4.69, 9.17) is 4.74 Å². The molecule has 0 fully saturated rings. The minimum absolute atomic E-state index is 0.725. The van der Waals surface area contributed by atoms with E-state index in [-0.39, 0.29) is 0 Å². The number of hydrogen-bond acceptors (Lipinski definition) is 1. The molecule has 0 bridgehead atoms. The Morgan fingerprint density at radius 1 is 1.18 bits per heavy atom. The third kappa shape index (κ3) is 2.89. The Labute approximate surface area is 110 Å². The molecule has 2 aromatic carbocycles. The van der Waals surface area contributed by atoms with E-state index in [0.29, 0.717) is 0 Å². The molecule has 0 aromatic heterocycles. The summed E-state index contributed by atoms with van der Waals surface area (Å²) >= 11 is 3.61. The lowest BCUT2D eigenvalue weighted by atomic mass is 10.1. The van der Waals surface area contributed by atoms with E-state index in [0.717, 1.165) is 29.7 Å². The Bertz CT molecular complexity index is 519. The number of benzene rings is 2. The van der Waals surface area contributed by atoms with Crippen LogP contribution in [-0.2, 0) is 0 Å². The summed E-state index contributed by atoms with van der Waals surface area (Å²) in [6.07, 6.45) is 3.91. The van der Waals surface area contributed by atoms with Crippen molar-refractivity contribution in [2.24, 2.45) is 0 Å². The molecule has 2 heteroatoms. The van der Waals surface area contributed by atoms with Crippen LogP contribution in [0.2, 0.25) is 0 Å². The van der Waals surface area contributed by atoms with Crippen LogP contribution in [0.5, 0.6) is 5.75 Å². The van der Waals surface area contributed by atoms with Crippen molar-refractivity contribution in [1.29, 1.82) is 0 Å². The number of rotatable bonds is 5. The van der Waals surface area contributed by atoms with Gasteiger partial charge in [-0.05, 0) is 45.6 Å². The summed E-state index contributed by atoms with van der Waals surface area (Å²) in [6, 6.07) is 12.4. The molecule has 0 saturated carbocycles. The predicted molar refractivity (Wildman–Crippen MR) is 76.6 cm³/mol. The molecule has 17 heavy (non-hydrogen) atoms. The van der Waals surface area contributed by atoms with Gasteiger partial charge in [0.05, 0.1) is 11.1 Å². The van der Waals surface area contributed by atoms with Crippen LogP contribution >= 0.6 is 15.9 Å². The summed E-state index contributed by atoms with van der Waals surface area (Å²) in [4.78, 5) is 0. The molecule has 0 heterocycles. The molecule has 0 N–H and O–H groups in total. The Morgan fingerprint density at radius 3 is 2.82 bits per heavy atom. The van der Waals surface area contributed by atoms with E-state index in [2.05, 4.69) is 40.7 Å². The zero-order chi connectivity index (χ0) is 12.1. The van der Waals surface area contributed by atoms with Crippen LogP contribution in [0.25, 0.3) is 10.8 Å². The maximum absolute atomic E-state index is 5.75. The zero-order valence-electron chi connectivity index (χ0n) is 9.66. The van der Waals surface area contributed by atoms with Crippen molar-refractivity contribution in [2.45, 2.75) is 12.8 Å². The normalized spacial score (nSPS) is 10.4. The largest absolute Gasteiger partial charge is 0.492 e. The quantitative estimate of drug-likeness (QED) is 0.559. The fourth-order valence-electron chi connectivity index (χ4n) is 1.73. The van der Waals surface area contributed by atoms with Gasteiger partial charge in [-0.25, -0.2) is 0 Å². The van der Waals surface area contributed by atoms with E-state index in [1.807, 2.05) is 24.3 Å². The second kappa shape index (κ2) is 5.87. The van der Waals surface area contributed by atoms with Crippen LogP contribution in [-0.4, -0.2) is 6.61 Å². The van der Waals surface area contributed by atoms with Gasteiger partial charge >= 0.3 is 0 Å². The summed E-state index contributed by atoms with van der Waals surface area (Å²) in [6.45, 7) is 4.42. The highest BCUT2D eigenvalue weighted by Gasteiger charge is 2.05. The van der Waals surface area contributed by atoms with Crippen molar-refractivity contribution in [2.75, 3.05) is 6.61 Å². The van der Waals surface area contributed by atoms with Crippen LogP contribution in [0.3, 0.4) is 0 Å². The molecule has 0 radical (unpaired) electrons. The summed E-state index contributed by atoms with van der Waals surface area (Å²) < 4.78 is 6.79. The molecule has 0 aliphatic heterocycles. The summed E-state index contributed by atoms with van der Waals surface area (Å²) in [7, 11) is 0. The van der Waals surface area contributed by atoms with E-state index in [1.54, 1.807) is 0 Å². The molecule has 2 aromatic rings. The monoisotopic (exact) mass is 290 g/mol. The predicted octanol–water partition coefficient (Wildman–Crippen LogP) is 4.95. The van der Waals surface area contributed by atoms with E-state index >= 15 is 0 Å². The minimum Gasteiger partial charge on any atom is -0.492 e. The first kappa shape index (κ1) is 12.2. The average molecular weight is 291 g/mol. The SMILES string of the molecule is C=CCCCOc1ccc2ccccc2c1Br. The molecule has 0 unspecified atom stereocenters. The molecule has 2 rings (SSSR count). The lowest BCUT2D eigenvalue weighted by Gasteiger charge is -2.09. The van der Waals surface area contributed by atoms with Gasteiger partial charge in [0.25, 0.3) is 0 Å². The van der Waals surface area contributed by atoms with Crippen LogP contribution in [0.4, 0.5) is 0 Å². The second-order valence-corrected chi connectivity index (χ2v) is 4.67. The van der Waals surface area contributed by atoms with Crippen LogP contribution in [0.1, 0.15) is 12.8 Å². The molecule has 88 valence electrons. The molecule has 0 aliphatic carbocycles. The van der Waals surface area contributed by atoms with Gasteiger partial charge < -0.3 is 4.74 Å². The Balaban J connectivity index is 2.18. The van der Waals surface area contributed by atoms with Crippen LogP contribution in [0.15, 0.2) is 53.5 Å². The minimum atomic E-state index is 0.725. The highest BCUT2D eigenvalue weighted by atomic mass is 79.9. The van der Waals surface area contributed by atoms with Crippen molar-refractivity contribution in [1.82, 2.24) is 0 Å². The zero-order valence-corrected chi connectivity index (χ0v) is 11.2. The Kier molecular flexibility index (Phi) is 4.21. The Morgan fingerprint density at radius 2 is 2.00 bits per heavy atom. The van der Waals surface area contributed by atoms with Crippen LogP contribution < -0.4 is 4.74 Å². The highest BCUT2D eigenvalue weighted by molar-refractivity contribution is 9.10. The first-order valence-electron chi connectivity index (χ1n) is 5.74. The standard InChI is InChI=1S/C15H15BrO/c1-2-3-6-11-17-14-10-9-12-7-4-5-8-13(12)15(14)16/h2,4-5,7-10H,1,3,6,11H2. The fourth-order valence-corrected chi connectivity index (χ4v) is 2.34. The maximum Gasteiger partial charge on any atom is 0.134 e. The topological polar surface area (TPSA) is 9.23 Å². The lowest BCUT2D eigenvalue weighted by molar-refractivity contribution is 0.311. The number of fused-ring (bicyclic) bond motifs is 1. The smallest absolute Gasteiger partial charge is 0.134 e. The number of ether oxygens (including phenoxy) is 1. The second-order valence-electron chi connectivity index (χ2n) is 3.88. The number of hydrogen-bond donors (Lipinski definition) is 0. The third-order valence-corrected chi connectivity index (χ3v) is 3.46. The summed E-state index contributed by atoms with van der Waals surface area (Å²) in [5.74, 6) is 0.910. The van der Waals surface area contributed by atoms with Gasteiger partial charge in [0.15, 0.2) is 0 Å². The van der Waals surface area contributed by atoms with Gasteiger partial charge in [-0.15, -0.1) is 6.58 Å². The van der Waals surface area contributed by atoms with Gasteiger partial charge in [-0.2, -0.15) is 0 Å². The number of halogens is 1. The summed E-state index contributed by atoms with van der Waals surface area (Å²) in [5.41, 5.74) is 0. The van der Waals surface area contributed by atoms with Crippen molar-refractivity contribution >= 4 is 26.7 Å². The maximum atomic E-state index is 5.75. The van der Waals surface area contributed by atoms with Gasteiger partial charge in [0, 0.05) is 0 Å². The average Bonchev–Trinajstić information content (AvgIpc) is 2.37. The molecule has 0 atom stereocenters. The van der Waals surface area contributed by atoms with Gasteiger partial charge in [-0.1, -0.05) is 36.4 Å². The molecule has 1 nitrogen and oxygen atoms in total. The van der Waals surface area contributed by atoms with Crippen molar-refractivity contribution in [3.63, 3.8) is 0 Å². The Hall–Kier alpha value is -1.28. The lowest BCUT2D eigenvalue weighted by Crippen LogP contribution is -1.97. The van der Waals surface area contributed by atoms with E-state index < -0.39 is 0 Å². The molecular formula is C15H15BrO. The first-order chi connectivity index (χ1) is 8.33. The number of unbranched alkanes of at least 4 members (excludes halogenated alkanes) is 1. The molecule has 0 saturated heterocycles. The molecule has 0 amide bonds. The van der Waals surface area contributed by atoms with E-state index in [1.165, 1.54) is 10.8 Å². The van der Waals surface area contributed by atoms with Gasteiger partial charge in [0.1, 0.15) is 5.75 Å². The fraction of sp³-hybridized carbons (Fsp3) is 0.200. The van der Waals surface area contributed by atoms with Crippen molar-refractivity contribution in [3.8, 4) is 5.75 Å². The third-order valence-electron chi connectivity index (χ3n) is 2.64. The number of allylic oxidation sites excluding steroid dienone is 1. The van der Waals surface area contributed by atoms with Crippen molar-refractivity contribution < 1.29 is 4.74 Å². The summed E-state index contributed by atoms with van der Waals surface area (Å²) in [5, 5.41) is 2.41. The van der Waals surface area contributed by atoms with Gasteiger partial charge in [0.2, 0.25) is 0 Å².